The van der Waals surface area contributed by atoms with Crippen LogP contribution in [0.4, 0.5) is 22.0 Å². The minimum Gasteiger partial charge on any atom is -0.494 e. The van der Waals surface area contributed by atoms with Gasteiger partial charge in [0, 0.05) is 43.7 Å². The van der Waals surface area contributed by atoms with Crippen LogP contribution < -0.4 is 10.1 Å². The summed E-state index contributed by atoms with van der Waals surface area (Å²) in [5.41, 5.74) is 2.56. The van der Waals surface area contributed by atoms with E-state index in [0.717, 1.165) is 16.7 Å². The zero-order valence-electron chi connectivity index (χ0n) is 27.7. The monoisotopic (exact) mass is 708 g/mol. The summed E-state index contributed by atoms with van der Waals surface area (Å²) < 4.78 is 71.1. The van der Waals surface area contributed by atoms with Gasteiger partial charge in [-0.2, -0.15) is 22.0 Å². The van der Waals surface area contributed by atoms with Crippen LogP contribution in [-0.4, -0.2) is 88.0 Å². The maximum Gasteiger partial charge on any atom is 0.453 e. The van der Waals surface area contributed by atoms with Gasteiger partial charge in [0.15, 0.2) is 0 Å². The summed E-state index contributed by atoms with van der Waals surface area (Å²) in [6.07, 6.45) is -3.31. The van der Waals surface area contributed by atoms with E-state index >= 15 is 0 Å². The van der Waals surface area contributed by atoms with Crippen molar-refractivity contribution in [2.45, 2.75) is 82.5 Å². The Kier molecular flexibility index (Phi) is 10.8. The highest BCUT2D eigenvalue weighted by molar-refractivity contribution is 8.00. The van der Waals surface area contributed by atoms with Crippen LogP contribution in [0.3, 0.4) is 0 Å². The van der Waals surface area contributed by atoms with Gasteiger partial charge in [-0.05, 0) is 105 Å². The molecule has 0 radical (unpaired) electrons. The number of hydrogen-bond acceptors (Lipinski definition) is 7. The van der Waals surface area contributed by atoms with E-state index in [1.165, 1.54) is 0 Å². The predicted molar refractivity (Wildman–Crippen MR) is 179 cm³/mol. The molecule has 1 spiro atoms. The van der Waals surface area contributed by atoms with Gasteiger partial charge in [-0.1, -0.05) is 24.1 Å². The van der Waals surface area contributed by atoms with Crippen LogP contribution in [0.25, 0.3) is 6.08 Å². The first kappa shape index (κ1) is 36.8. The fraction of sp³-hybridized carbons (Fsp3) is 0.514. The van der Waals surface area contributed by atoms with Crippen molar-refractivity contribution in [3.8, 4) is 5.75 Å². The molecule has 266 valence electrons. The number of aliphatic hydroxyl groups is 1. The van der Waals surface area contributed by atoms with Gasteiger partial charge in [0.1, 0.15) is 17.1 Å². The number of amides is 2. The highest BCUT2D eigenvalue weighted by Gasteiger charge is 2.56. The molecule has 49 heavy (non-hydrogen) atoms. The van der Waals surface area contributed by atoms with Crippen LogP contribution in [0.2, 0.25) is 0 Å². The number of hydrogen-bond donors (Lipinski definition) is 2. The fourth-order valence-corrected chi connectivity index (χ4v) is 7.00. The average molecular weight is 709 g/mol. The summed E-state index contributed by atoms with van der Waals surface area (Å²) in [4.78, 5) is 32.8. The van der Waals surface area contributed by atoms with Crippen LogP contribution in [0.15, 0.2) is 46.8 Å². The molecule has 0 atom stereocenters. The van der Waals surface area contributed by atoms with Crippen molar-refractivity contribution in [1.29, 1.82) is 0 Å². The number of rotatable bonds is 10. The smallest absolute Gasteiger partial charge is 0.453 e. The van der Waals surface area contributed by atoms with Crippen molar-refractivity contribution in [2.75, 3.05) is 32.8 Å². The summed E-state index contributed by atoms with van der Waals surface area (Å²) in [7, 11) is 0. The molecule has 2 fully saturated rings. The van der Waals surface area contributed by atoms with Crippen molar-refractivity contribution >= 4 is 35.7 Å². The zero-order valence-corrected chi connectivity index (χ0v) is 28.5. The summed E-state index contributed by atoms with van der Waals surface area (Å²) in [5, 5.41) is 15.1. The normalized spacial score (nSPS) is 19.7. The average Bonchev–Trinajstić information content (AvgIpc) is 3.35. The molecule has 0 bridgehead atoms. The molecule has 3 heterocycles. The molecule has 2 amide bonds. The van der Waals surface area contributed by atoms with Crippen LogP contribution in [-0.2, 0) is 4.79 Å². The van der Waals surface area contributed by atoms with Gasteiger partial charge in [-0.15, -0.1) is 0 Å². The number of aryl methyl sites for hydroxylation is 2. The maximum absolute atomic E-state index is 13.2. The lowest BCUT2D eigenvalue weighted by Gasteiger charge is -2.36. The molecule has 0 saturated carbocycles. The van der Waals surface area contributed by atoms with E-state index in [-0.39, 0.29) is 24.2 Å². The molecule has 8 nitrogen and oxygen atoms in total. The van der Waals surface area contributed by atoms with E-state index in [9.17, 15) is 36.6 Å². The zero-order chi connectivity index (χ0) is 35.6. The number of likely N-dealkylation sites (tertiary alicyclic amines) is 1. The van der Waals surface area contributed by atoms with Crippen molar-refractivity contribution in [1.82, 2.24) is 14.5 Å². The van der Waals surface area contributed by atoms with Crippen LogP contribution in [0, 0.1) is 13.8 Å². The van der Waals surface area contributed by atoms with E-state index < -0.39 is 36.1 Å². The van der Waals surface area contributed by atoms with Gasteiger partial charge in [-0.25, -0.2) is 4.31 Å². The number of nitrogens with one attached hydrogen (secondary N) is 1. The molecule has 0 aromatic heterocycles. The molecule has 2 aromatic carbocycles. The molecule has 2 aromatic rings. The first-order chi connectivity index (χ1) is 23.0. The standard InChI is InChI=1S/C35H41F5N4O4S/c1-23-20-26(30(45)43-14-10-32(3,47)11-15-43)21-24(2)28(23)8-19-49-44-16-12-33(13-17-44)31(46)41-29(42-33)25-6-4-7-27(22-25)48-18-5-9-34(36,37)35(38,39)40/h4,6-8,19-22,47H,5,9-18H2,1-3H3,(H,41,42,46)/b19-8+. The number of amidine groups is 1. The Morgan fingerprint density at radius 1 is 1.04 bits per heavy atom. The Hall–Kier alpha value is -3.49. The molecular formula is C35H41F5N4O4S. The van der Waals surface area contributed by atoms with Gasteiger partial charge in [0.2, 0.25) is 0 Å². The molecule has 2 N–H and O–H groups in total. The summed E-state index contributed by atoms with van der Waals surface area (Å²) in [6, 6.07) is 10.3. The van der Waals surface area contributed by atoms with Gasteiger partial charge in [-0.3, -0.25) is 14.6 Å². The molecule has 0 unspecified atom stereocenters. The van der Waals surface area contributed by atoms with E-state index in [4.69, 9.17) is 9.73 Å². The minimum absolute atomic E-state index is 0.0235. The number of halogens is 5. The Bertz CT molecular complexity index is 1590. The predicted octanol–water partition coefficient (Wildman–Crippen LogP) is 6.68. The third-order valence-corrected chi connectivity index (χ3v) is 10.3. The van der Waals surface area contributed by atoms with Gasteiger partial charge in [0.25, 0.3) is 11.8 Å². The number of benzene rings is 2. The SMILES string of the molecule is Cc1cc(C(=O)N2CCC(C)(O)CC2)cc(C)c1/C=C/SN1CCC2(CC1)N=C(c1cccc(OCCCC(F)(F)C(F)(F)F)c1)NC2=O. The summed E-state index contributed by atoms with van der Waals surface area (Å²) in [5.74, 6) is -4.37. The molecule has 0 aliphatic carbocycles. The maximum atomic E-state index is 13.2. The van der Waals surface area contributed by atoms with Gasteiger partial charge in [0.05, 0.1) is 12.2 Å². The van der Waals surface area contributed by atoms with Gasteiger partial charge >= 0.3 is 12.1 Å². The van der Waals surface area contributed by atoms with Crippen LogP contribution in [0.1, 0.15) is 78.1 Å². The Morgan fingerprint density at radius 3 is 2.33 bits per heavy atom. The number of carbonyl (C=O) groups is 2. The lowest BCUT2D eigenvalue weighted by atomic mass is 9.89. The van der Waals surface area contributed by atoms with E-state index in [1.807, 2.05) is 37.5 Å². The molecule has 3 aliphatic rings. The topological polar surface area (TPSA) is 94.5 Å². The number of carbonyl (C=O) groups excluding carboxylic acids is 2. The third kappa shape index (κ3) is 8.64. The Balaban J connectivity index is 1.13. The van der Waals surface area contributed by atoms with Gasteiger partial charge < -0.3 is 20.1 Å². The Morgan fingerprint density at radius 2 is 1.69 bits per heavy atom. The third-order valence-electron chi connectivity index (χ3n) is 9.37. The fourth-order valence-electron chi connectivity index (χ4n) is 6.23. The van der Waals surface area contributed by atoms with E-state index in [1.54, 1.807) is 48.0 Å². The molecule has 14 heteroatoms. The van der Waals surface area contributed by atoms with Crippen molar-refractivity contribution in [3.05, 3.63) is 69.6 Å². The van der Waals surface area contributed by atoms with Crippen molar-refractivity contribution < 1.29 is 41.4 Å². The molecular weight excluding hydrogens is 667 g/mol. The highest BCUT2D eigenvalue weighted by Crippen LogP contribution is 2.39. The minimum atomic E-state index is -5.60. The second-order valence-electron chi connectivity index (χ2n) is 13.3. The second-order valence-corrected chi connectivity index (χ2v) is 14.3. The summed E-state index contributed by atoms with van der Waals surface area (Å²) >= 11 is 1.55. The number of nitrogens with zero attached hydrogens (tertiary/aromatic N) is 3. The first-order valence-corrected chi connectivity index (χ1v) is 17.1. The second kappa shape index (κ2) is 14.4. The van der Waals surface area contributed by atoms with Crippen molar-refractivity contribution in [2.24, 2.45) is 4.99 Å². The Labute approximate surface area is 286 Å². The number of aliphatic imine (C=N–C) groups is 1. The largest absolute Gasteiger partial charge is 0.494 e. The number of alkyl halides is 5. The highest BCUT2D eigenvalue weighted by atomic mass is 32.2. The lowest BCUT2D eigenvalue weighted by Crippen LogP contribution is -2.47. The molecule has 3 aliphatic heterocycles. The van der Waals surface area contributed by atoms with E-state index in [2.05, 4.69) is 9.62 Å². The van der Waals surface area contributed by atoms with Crippen molar-refractivity contribution in [3.63, 3.8) is 0 Å². The van der Waals surface area contributed by atoms with Crippen LogP contribution in [0.5, 0.6) is 5.75 Å². The molecule has 2 saturated heterocycles. The summed E-state index contributed by atoms with van der Waals surface area (Å²) in [6.45, 7) is 7.72. The van der Waals surface area contributed by atoms with Crippen LogP contribution >= 0.6 is 11.9 Å². The quantitative estimate of drug-likeness (QED) is 0.163. The lowest BCUT2D eigenvalue weighted by molar-refractivity contribution is -0.284. The number of ether oxygens (including phenoxy) is 1. The first-order valence-electron chi connectivity index (χ1n) is 16.3. The van der Waals surface area contributed by atoms with E-state index in [0.29, 0.717) is 68.8 Å². The molecule has 5 rings (SSSR count). The number of piperidine rings is 2.